The molecule has 0 saturated heterocycles. The van der Waals surface area contributed by atoms with Crippen LogP contribution in [-0.2, 0) is 4.74 Å². The number of aliphatic hydroxyl groups is 1. The van der Waals surface area contributed by atoms with Crippen molar-refractivity contribution in [2.45, 2.75) is 70.2 Å². The summed E-state index contributed by atoms with van der Waals surface area (Å²) in [6, 6.07) is 0. The van der Waals surface area contributed by atoms with E-state index >= 15 is 0 Å². The number of rotatable bonds is 3. The Hall–Kier alpha value is -0.0800. The lowest BCUT2D eigenvalue weighted by atomic mass is 9.83. The van der Waals surface area contributed by atoms with Gasteiger partial charge in [0.1, 0.15) is 0 Å². The Morgan fingerprint density at radius 1 is 1.21 bits per heavy atom. The average molecular weight is 198 g/mol. The third-order valence-corrected chi connectivity index (χ3v) is 3.80. The molecule has 2 aliphatic carbocycles. The van der Waals surface area contributed by atoms with Crippen LogP contribution in [-0.4, -0.2) is 23.4 Å². The number of hydrogen-bond donors (Lipinski definition) is 1. The molecule has 0 aromatic rings. The van der Waals surface area contributed by atoms with E-state index in [0.717, 1.165) is 18.8 Å². The second kappa shape index (κ2) is 4.63. The molecule has 82 valence electrons. The van der Waals surface area contributed by atoms with Crippen LogP contribution in [0.25, 0.3) is 0 Å². The molecule has 0 amide bonds. The van der Waals surface area contributed by atoms with E-state index in [2.05, 4.69) is 6.92 Å². The summed E-state index contributed by atoms with van der Waals surface area (Å²) in [6.45, 7) is 2.27. The molecular formula is C12H22O2. The summed E-state index contributed by atoms with van der Waals surface area (Å²) in [7, 11) is 0. The van der Waals surface area contributed by atoms with E-state index < -0.39 is 0 Å². The van der Waals surface area contributed by atoms with E-state index in [9.17, 15) is 5.11 Å². The first kappa shape index (κ1) is 10.4. The predicted molar refractivity (Wildman–Crippen MR) is 56.2 cm³/mol. The van der Waals surface area contributed by atoms with Gasteiger partial charge in [0.2, 0.25) is 0 Å². The summed E-state index contributed by atoms with van der Waals surface area (Å²) >= 11 is 0. The van der Waals surface area contributed by atoms with Crippen molar-refractivity contribution in [2.24, 2.45) is 5.92 Å². The van der Waals surface area contributed by atoms with Crippen molar-refractivity contribution in [3.05, 3.63) is 0 Å². The normalized spacial score (nSPS) is 43.3. The molecule has 0 aromatic heterocycles. The summed E-state index contributed by atoms with van der Waals surface area (Å²) < 4.78 is 6.04. The molecule has 2 heteroatoms. The van der Waals surface area contributed by atoms with E-state index in [1.807, 2.05) is 0 Å². The van der Waals surface area contributed by atoms with Crippen molar-refractivity contribution in [3.8, 4) is 0 Å². The lowest BCUT2D eigenvalue weighted by Gasteiger charge is -2.39. The van der Waals surface area contributed by atoms with Crippen molar-refractivity contribution in [1.29, 1.82) is 0 Å². The van der Waals surface area contributed by atoms with Crippen LogP contribution in [0.15, 0.2) is 0 Å². The maximum atomic E-state index is 9.19. The minimum Gasteiger partial charge on any atom is -0.393 e. The van der Waals surface area contributed by atoms with Crippen LogP contribution in [0.3, 0.4) is 0 Å². The summed E-state index contributed by atoms with van der Waals surface area (Å²) in [5, 5.41) is 9.19. The van der Waals surface area contributed by atoms with E-state index in [0.29, 0.717) is 12.2 Å². The Kier molecular flexibility index (Phi) is 3.45. The zero-order valence-electron chi connectivity index (χ0n) is 9.11. The summed E-state index contributed by atoms with van der Waals surface area (Å²) in [5.74, 6) is 0.779. The van der Waals surface area contributed by atoms with Crippen molar-refractivity contribution >= 4 is 0 Å². The Bertz CT molecular complexity index is 175. The fraction of sp³-hybridized carbons (Fsp3) is 1.00. The second-order valence-electron chi connectivity index (χ2n) is 4.87. The second-order valence-corrected chi connectivity index (χ2v) is 4.87. The molecule has 0 aliphatic heterocycles. The third kappa shape index (κ3) is 2.29. The number of aliphatic hydroxyl groups excluding tert-OH is 1. The third-order valence-electron chi connectivity index (χ3n) is 3.80. The Morgan fingerprint density at radius 3 is 2.57 bits per heavy atom. The van der Waals surface area contributed by atoms with Gasteiger partial charge in [0.25, 0.3) is 0 Å². The zero-order valence-corrected chi connectivity index (χ0v) is 9.11. The SMILES string of the molecule is CCC1CCCCC1OC1CC(O)C1. The van der Waals surface area contributed by atoms with Gasteiger partial charge in [0.15, 0.2) is 0 Å². The van der Waals surface area contributed by atoms with E-state index in [1.165, 1.54) is 32.1 Å². The summed E-state index contributed by atoms with van der Waals surface area (Å²) in [6.07, 6.45) is 9.06. The summed E-state index contributed by atoms with van der Waals surface area (Å²) in [5.41, 5.74) is 0. The van der Waals surface area contributed by atoms with Gasteiger partial charge in [0.05, 0.1) is 18.3 Å². The smallest absolute Gasteiger partial charge is 0.0628 e. The predicted octanol–water partition coefficient (Wildman–Crippen LogP) is 2.50. The lowest BCUT2D eigenvalue weighted by Crippen LogP contribution is -2.40. The molecule has 2 rings (SSSR count). The van der Waals surface area contributed by atoms with Gasteiger partial charge >= 0.3 is 0 Å². The largest absolute Gasteiger partial charge is 0.393 e. The van der Waals surface area contributed by atoms with Gasteiger partial charge in [-0.15, -0.1) is 0 Å². The highest BCUT2D eigenvalue weighted by atomic mass is 16.5. The van der Waals surface area contributed by atoms with Gasteiger partial charge in [-0.25, -0.2) is 0 Å². The van der Waals surface area contributed by atoms with Crippen molar-refractivity contribution in [3.63, 3.8) is 0 Å². The first-order chi connectivity index (χ1) is 6.79. The van der Waals surface area contributed by atoms with Crippen LogP contribution >= 0.6 is 0 Å². The minimum absolute atomic E-state index is 0.0799. The highest BCUT2D eigenvalue weighted by Gasteiger charge is 2.33. The van der Waals surface area contributed by atoms with Crippen molar-refractivity contribution in [2.75, 3.05) is 0 Å². The fourth-order valence-electron chi connectivity index (χ4n) is 2.72. The highest BCUT2D eigenvalue weighted by Crippen LogP contribution is 2.33. The van der Waals surface area contributed by atoms with E-state index in [4.69, 9.17) is 4.74 Å². The van der Waals surface area contributed by atoms with Gasteiger partial charge in [-0.05, 0) is 31.6 Å². The molecule has 14 heavy (non-hydrogen) atoms. The van der Waals surface area contributed by atoms with Crippen LogP contribution in [0.5, 0.6) is 0 Å². The number of hydrogen-bond acceptors (Lipinski definition) is 2. The molecule has 0 radical (unpaired) electrons. The maximum absolute atomic E-state index is 9.19. The molecule has 2 fully saturated rings. The summed E-state index contributed by atoms with van der Waals surface area (Å²) in [4.78, 5) is 0. The molecule has 1 N–H and O–H groups in total. The average Bonchev–Trinajstić information content (AvgIpc) is 2.16. The Balaban J connectivity index is 1.77. The van der Waals surface area contributed by atoms with Crippen LogP contribution in [0, 0.1) is 5.92 Å². The molecule has 2 saturated carbocycles. The topological polar surface area (TPSA) is 29.5 Å². The number of ether oxygens (including phenoxy) is 1. The minimum atomic E-state index is -0.0799. The standard InChI is InChI=1S/C12H22O2/c1-2-9-5-3-4-6-12(9)14-11-7-10(13)8-11/h9-13H,2-8H2,1H3. The van der Waals surface area contributed by atoms with Crippen LogP contribution < -0.4 is 0 Å². The van der Waals surface area contributed by atoms with E-state index in [1.54, 1.807) is 0 Å². The molecule has 2 nitrogen and oxygen atoms in total. The van der Waals surface area contributed by atoms with Gasteiger partial charge in [-0.1, -0.05) is 26.2 Å². The fourth-order valence-corrected chi connectivity index (χ4v) is 2.72. The van der Waals surface area contributed by atoms with Gasteiger partial charge in [-0.3, -0.25) is 0 Å². The van der Waals surface area contributed by atoms with Crippen LogP contribution in [0.4, 0.5) is 0 Å². The quantitative estimate of drug-likeness (QED) is 0.755. The highest BCUT2D eigenvalue weighted by molar-refractivity contribution is 4.83. The van der Waals surface area contributed by atoms with Gasteiger partial charge < -0.3 is 9.84 Å². The van der Waals surface area contributed by atoms with Crippen LogP contribution in [0.2, 0.25) is 0 Å². The Labute approximate surface area is 86.6 Å². The molecule has 0 heterocycles. The lowest BCUT2D eigenvalue weighted by molar-refractivity contribution is -0.128. The van der Waals surface area contributed by atoms with Crippen molar-refractivity contribution in [1.82, 2.24) is 0 Å². The van der Waals surface area contributed by atoms with Crippen molar-refractivity contribution < 1.29 is 9.84 Å². The van der Waals surface area contributed by atoms with Gasteiger partial charge in [-0.2, -0.15) is 0 Å². The molecule has 2 unspecified atom stereocenters. The molecular weight excluding hydrogens is 176 g/mol. The monoisotopic (exact) mass is 198 g/mol. The molecule has 0 bridgehead atoms. The zero-order chi connectivity index (χ0) is 9.97. The molecule has 2 atom stereocenters. The molecule has 2 aliphatic rings. The van der Waals surface area contributed by atoms with E-state index in [-0.39, 0.29) is 6.10 Å². The maximum Gasteiger partial charge on any atom is 0.0628 e. The molecule has 0 aromatic carbocycles. The molecule has 0 spiro atoms. The van der Waals surface area contributed by atoms with Gasteiger partial charge in [0, 0.05) is 0 Å². The Morgan fingerprint density at radius 2 is 1.93 bits per heavy atom. The van der Waals surface area contributed by atoms with Crippen LogP contribution in [0.1, 0.15) is 51.9 Å². The first-order valence-corrected chi connectivity index (χ1v) is 6.13. The first-order valence-electron chi connectivity index (χ1n) is 6.13.